The summed E-state index contributed by atoms with van der Waals surface area (Å²) < 4.78 is 49.3. The molecule has 13 atom stereocenters. The van der Waals surface area contributed by atoms with Gasteiger partial charge in [0.25, 0.3) is 5.67 Å². The van der Waals surface area contributed by atoms with Gasteiger partial charge >= 0.3 is 12.1 Å². The number of likely N-dealkylation sites (N-methyl/N-ethyl adjacent to an activating group) is 1. The number of hydrogen-bond donors (Lipinski definition) is 2. The second kappa shape index (κ2) is 20.8. The van der Waals surface area contributed by atoms with Gasteiger partial charge in [0.15, 0.2) is 17.7 Å². The number of nitrogens with one attached hydrogen (secondary N) is 1. The average molecular weight is 973 g/mol. The molecule has 18 heteroatoms. The largest absolute Gasteiger partial charge is 0.455 e. The average Bonchev–Trinajstić information content (AvgIpc) is 3.58. The summed E-state index contributed by atoms with van der Waals surface area (Å²) in [4.78, 5) is 86.5. The van der Waals surface area contributed by atoms with Crippen LogP contribution in [0.5, 0.6) is 0 Å². The molecule has 1 aromatic carbocycles. The fourth-order valence-electron chi connectivity index (χ4n) is 11.5. The van der Waals surface area contributed by atoms with Crippen LogP contribution in [0.3, 0.4) is 0 Å². The number of anilines is 1. The zero-order valence-corrected chi connectivity index (χ0v) is 41.9. The van der Waals surface area contributed by atoms with Gasteiger partial charge in [0.2, 0.25) is 5.91 Å². The number of aromatic nitrogens is 2. The fourth-order valence-corrected chi connectivity index (χ4v) is 11.5. The zero-order chi connectivity index (χ0) is 50.9. The number of benzene rings is 1. The molecule has 17 nitrogen and oxygen atoms in total. The Kier molecular flexibility index (Phi) is 15.7. The first-order valence-electron chi connectivity index (χ1n) is 24.2. The minimum absolute atomic E-state index is 0.0536. The van der Waals surface area contributed by atoms with Gasteiger partial charge in [-0.15, -0.1) is 0 Å². The molecular weight excluding hydrogens is 904 g/mol. The van der Waals surface area contributed by atoms with E-state index in [-0.39, 0.29) is 37.6 Å². The first-order chi connectivity index (χ1) is 33.1. The fraction of sp³-hybridized carbons (Fsp3) is 0.596. The highest BCUT2D eigenvalue weighted by Gasteiger charge is 2.74. The lowest BCUT2D eigenvalue weighted by atomic mass is 9.61. The van der Waals surface area contributed by atoms with Crippen molar-refractivity contribution in [2.24, 2.45) is 17.3 Å². The smallest absolute Gasteiger partial charge is 0.410 e. The number of aliphatic hydroxyl groups is 1. The van der Waals surface area contributed by atoms with E-state index in [1.165, 1.54) is 25.9 Å². The van der Waals surface area contributed by atoms with Crippen molar-refractivity contribution in [1.82, 2.24) is 24.7 Å². The maximum Gasteiger partial charge on any atom is 0.410 e. The molecule has 3 aromatic rings. The number of ether oxygens (including phenoxy) is 5. The molecule has 70 heavy (non-hydrogen) atoms. The molecule has 380 valence electrons. The van der Waals surface area contributed by atoms with Crippen LogP contribution in [-0.2, 0) is 62.4 Å². The van der Waals surface area contributed by atoms with Crippen molar-refractivity contribution in [1.29, 1.82) is 0 Å². The van der Waals surface area contributed by atoms with Crippen LogP contribution in [0.4, 0.5) is 14.9 Å². The molecule has 2 N–H and O–H groups in total. The van der Waals surface area contributed by atoms with E-state index in [2.05, 4.69) is 15.3 Å². The Morgan fingerprint density at radius 1 is 0.929 bits per heavy atom. The number of carbonyl (C=O) groups excluding carboxylic acids is 5. The summed E-state index contributed by atoms with van der Waals surface area (Å²) in [6, 6.07) is 17.0. The van der Waals surface area contributed by atoms with E-state index in [9.17, 15) is 24.3 Å². The topological polar surface area (TPSA) is 199 Å². The van der Waals surface area contributed by atoms with Crippen LogP contribution in [0.1, 0.15) is 84.7 Å². The van der Waals surface area contributed by atoms with Crippen LogP contribution in [-0.4, -0.2) is 153 Å². The van der Waals surface area contributed by atoms with Crippen LogP contribution in [0.25, 0.3) is 0 Å². The summed E-state index contributed by atoms with van der Waals surface area (Å²) in [5, 5.41) is 14.4. The number of halogens is 1. The van der Waals surface area contributed by atoms with Crippen LogP contribution in [0.15, 0.2) is 73.1 Å². The first-order valence-corrected chi connectivity index (χ1v) is 24.2. The lowest BCUT2D eigenvalue weighted by Crippen LogP contribution is -2.62. The van der Waals surface area contributed by atoms with Gasteiger partial charge in [0.1, 0.15) is 18.0 Å². The third-order valence-corrected chi connectivity index (χ3v) is 15.2. The van der Waals surface area contributed by atoms with E-state index in [0.29, 0.717) is 31.6 Å². The lowest BCUT2D eigenvalue weighted by Gasteiger charge is -2.46. The number of alkyl halides is 1. The van der Waals surface area contributed by atoms with E-state index in [1.54, 1.807) is 52.2 Å². The summed E-state index contributed by atoms with van der Waals surface area (Å²) in [6.07, 6.45) is -2.37. The SMILES string of the molecule is CC[C@H]1OC(=O)[C@]2(F)C(=O)[C@H](C)[C@@H](O[C@H]3O[C@H](C)C[C@H](N(C)C)[C@H]3O)[C@@](C)(OC)C[C@]2(C)C(=O)[C@H](C)[C@@H]2N(CCc3ccc(NC(=O)CN(Cc4ccccn4)Cc4ccccn4)cc3)C(=O)O[C@@]21C. The second-order valence-electron chi connectivity index (χ2n) is 20.4. The van der Waals surface area contributed by atoms with Gasteiger partial charge in [0, 0.05) is 62.7 Å². The van der Waals surface area contributed by atoms with Crippen LogP contribution in [0, 0.1) is 17.3 Å². The summed E-state index contributed by atoms with van der Waals surface area (Å²) in [5.74, 6) is -6.46. The third-order valence-electron chi connectivity index (χ3n) is 15.2. The standard InChI is InChI=1S/C52H69FN6O11/c1-11-39-51(7)42(59(48(65)70-51)25-22-34-18-20-35(21-19-34)56-40(60)29-58(27-36-16-12-14-23-54-36)28-37-17-13-15-24-55-37)32(3)43(62)49(5)30-50(6,66-10)45(33(4)44(63)52(49,53)47(64)68-39)69-46-41(61)38(57(8)9)26-31(2)67-46/h12-21,23-24,31-33,38-39,41-42,45-46,61H,11,22,25-30H2,1-10H3,(H,56,60)/t31-,32-,33+,38+,39-,41-,42+,45-,46-,49-,50+,51-,52-/m1/s1. The van der Waals surface area contributed by atoms with E-state index >= 15 is 9.18 Å². The number of aliphatic hydroxyl groups excluding tert-OH is 1. The van der Waals surface area contributed by atoms with Crippen LogP contribution in [0.2, 0.25) is 0 Å². The highest BCUT2D eigenvalue weighted by molar-refractivity contribution is 6.14. The molecule has 7 rings (SSSR count). The van der Waals surface area contributed by atoms with E-state index < -0.39 is 94.8 Å². The van der Waals surface area contributed by atoms with Gasteiger partial charge in [-0.1, -0.05) is 45.0 Å². The highest BCUT2D eigenvalue weighted by Crippen LogP contribution is 2.55. The molecule has 0 radical (unpaired) electrons. The quantitative estimate of drug-likeness (QED) is 0.146. The molecule has 0 unspecified atom stereocenters. The maximum absolute atomic E-state index is 18.6. The number of esters is 1. The van der Waals surface area contributed by atoms with E-state index in [4.69, 9.17) is 23.7 Å². The molecule has 2 aromatic heterocycles. The molecule has 0 bridgehead atoms. The number of nitrogens with zero attached hydrogens (tertiary/aromatic N) is 5. The number of hydrogen-bond acceptors (Lipinski definition) is 15. The van der Waals surface area contributed by atoms with Crippen molar-refractivity contribution in [3.05, 3.63) is 90.0 Å². The maximum atomic E-state index is 18.6. The minimum atomic E-state index is -3.54. The van der Waals surface area contributed by atoms with Gasteiger partial charge in [-0.2, -0.15) is 0 Å². The number of rotatable bonds is 15. The molecule has 1 aliphatic carbocycles. The summed E-state index contributed by atoms with van der Waals surface area (Å²) in [6.45, 7) is 11.9. The summed E-state index contributed by atoms with van der Waals surface area (Å²) in [5.41, 5.74) is -6.23. The van der Waals surface area contributed by atoms with Crippen molar-refractivity contribution in [3.63, 3.8) is 0 Å². The van der Waals surface area contributed by atoms with Crippen LogP contribution < -0.4 is 5.32 Å². The second-order valence-corrected chi connectivity index (χ2v) is 20.4. The molecule has 3 aliphatic heterocycles. The highest BCUT2D eigenvalue weighted by atomic mass is 19.1. The Morgan fingerprint density at radius 3 is 2.11 bits per heavy atom. The molecule has 2 amide bonds. The number of ketones is 2. The molecule has 3 saturated heterocycles. The van der Waals surface area contributed by atoms with Gasteiger partial charge in [-0.05, 0) is 109 Å². The Labute approximate surface area is 409 Å². The Hall–Kier alpha value is -5.24. The number of methoxy groups -OCH3 is 1. The van der Waals surface area contributed by atoms with Crippen LogP contribution >= 0.6 is 0 Å². The number of Topliss-reactive ketones (excluding diaryl/α,β-unsaturated/α-hetero) is 2. The van der Waals surface area contributed by atoms with Crippen molar-refractivity contribution >= 4 is 35.2 Å². The normalized spacial score (nSPS) is 34.7. The van der Waals surface area contributed by atoms with Crippen molar-refractivity contribution in [2.45, 2.75) is 147 Å². The lowest BCUT2D eigenvalue weighted by molar-refractivity contribution is -0.294. The predicted molar refractivity (Wildman–Crippen MR) is 255 cm³/mol. The number of pyridine rings is 2. The minimum Gasteiger partial charge on any atom is -0.455 e. The molecule has 4 fully saturated rings. The Morgan fingerprint density at radius 2 is 1.56 bits per heavy atom. The van der Waals surface area contributed by atoms with Crippen molar-refractivity contribution in [2.75, 3.05) is 39.6 Å². The van der Waals surface area contributed by atoms with Gasteiger partial charge in [-0.3, -0.25) is 34.2 Å². The summed E-state index contributed by atoms with van der Waals surface area (Å²) in [7, 11) is 4.99. The molecule has 0 spiro atoms. The van der Waals surface area contributed by atoms with Gasteiger partial charge in [0.05, 0.1) is 47.2 Å². The zero-order valence-electron chi connectivity index (χ0n) is 41.9. The number of cyclic esters (lactones) is 1. The Bertz CT molecular complexity index is 2330. The monoisotopic (exact) mass is 973 g/mol. The number of carbonyl (C=O) groups is 5. The van der Waals surface area contributed by atoms with E-state index in [0.717, 1.165) is 17.0 Å². The number of amides is 2. The molecular formula is C52H69FN6O11. The predicted octanol–water partition coefficient (Wildman–Crippen LogP) is 5.32. The number of fused-ring (bicyclic) bond motifs is 2. The molecule has 1 saturated carbocycles. The first kappa shape index (κ1) is 52.6. The van der Waals surface area contributed by atoms with Gasteiger partial charge in [-0.25, -0.2) is 14.0 Å². The van der Waals surface area contributed by atoms with Gasteiger partial charge < -0.3 is 39.0 Å². The van der Waals surface area contributed by atoms with Crippen molar-refractivity contribution in [3.8, 4) is 0 Å². The Balaban J connectivity index is 1.11. The van der Waals surface area contributed by atoms with Crippen molar-refractivity contribution < 1.29 is 57.2 Å². The molecule has 4 aliphatic rings. The summed E-state index contributed by atoms with van der Waals surface area (Å²) >= 11 is 0. The third kappa shape index (κ3) is 9.99. The van der Waals surface area contributed by atoms with E-state index in [1.807, 2.05) is 79.3 Å². The molecule has 5 heterocycles.